The predicted molar refractivity (Wildman–Crippen MR) is 77.6 cm³/mol. The molecule has 0 radical (unpaired) electrons. The highest BCUT2D eigenvalue weighted by Crippen LogP contribution is 2.14. The van der Waals surface area contributed by atoms with Gasteiger partial charge in [-0.05, 0) is 30.9 Å². The highest BCUT2D eigenvalue weighted by molar-refractivity contribution is 7.99. The first kappa shape index (κ1) is 16.0. The minimum Gasteiger partial charge on any atom is -0.293 e. The SMILES string of the molecule is CCSCCCCCCN1CCSC1.Cl. The zero-order valence-electron chi connectivity index (χ0n) is 9.74. The summed E-state index contributed by atoms with van der Waals surface area (Å²) in [4.78, 5) is 2.59. The van der Waals surface area contributed by atoms with Gasteiger partial charge in [0.05, 0.1) is 0 Å². The van der Waals surface area contributed by atoms with Crippen LogP contribution in [0.5, 0.6) is 0 Å². The standard InChI is InChI=1S/C11H23NS2.ClH/c1-2-13-9-6-4-3-5-7-12-8-10-14-11-12;/h2-11H2,1H3;1H. The molecular formula is C11H24ClNS2. The molecule has 1 aliphatic rings. The molecule has 0 aromatic rings. The molecule has 0 aliphatic carbocycles. The second-order valence-corrected chi connectivity index (χ2v) is 6.24. The van der Waals surface area contributed by atoms with Crippen molar-refractivity contribution in [2.75, 3.05) is 36.2 Å². The van der Waals surface area contributed by atoms with Gasteiger partial charge in [0.15, 0.2) is 0 Å². The fourth-order valence-electron chi connectivity index (χ4n) is 1.67. The van der Waals surface area contributed by atoms with Gasteiger partial charge < -0.3 is 0 Å². The fraction of sp³-hybridized carbons (Fsp3) is 1.00. The van der Waals surface area contributed by atoms with Crippen molar-refractivity contribution in [2.24, 2.45) is 0 Å². The van der Waals surface area contributed by atoms with Crippen molar-refractivity contribution in [1.82, 2.24) is 4.90 Å². The summed E-state index contributed by atoms with van der Waals surface area (Å²) < 4.78 is 0. The van der Waals surface area contributed by atoms with Gasteiger partial charge in [0, 0.05) is 18.2 Å². The Balaban J connectivity index is 0.00000196. The number of hydrogen-bond donors (Lipinski definition) is 0. The Bertz CT molecular complexity index is 130. The molecule has 1 saturated heterocycles. The number of thioether (sulfide) groups is 2. The smallest absolute Gasteiger partial charge is 0.0445 e. The summed E-state index contributed by atoms with van der Waals surface area (Å²) in [7, 11) is 0. The van der Waals surface area contributed by atoms with Crippen molar-refractivity contribution in [1.29, 1.82) is 0 Å². The number of nitrogens with zero attached hydrogens (tertiary/aromatic N) is 1. The Kier molecular flexibility index (Phi) is 12.2. The van der Waals surface area contributed by atoms with Crippen LogP contribution < -0.4 is 0 Å². The van der Waals surface area contributed by atoms with Gasteiger partial charge >= 0.3 is 0 Å². The number of hydrogen-bond acceptors (Lipinski definition) is 3. The molecule has 0 aromatic heterocycles. The molecule has 1 fully saturated rings. The van der Waals surface area contributed by atoms with Gasteiger partial charge in [-0.2, -0.15) is 11.8 Å². The minimum absolute atomic E-state index is 0. The summed E-state index contributed by atoms with van der Waals surface area (Å²) in [5, 5.41) is 0. The number of rotatable bonds is 8. The maximum atomic E-state index is 2.59. The molecule has 1 nitrogen and oxygen atoms in total. The number of unbranched alkanes of at least 4 members (excludes halogenated alkanes) is 3. The average Bonchev–Trinajstić information content (AvgIpc) is 2.69. The van der Waals surface area contributed by atoms with Crippen molar-refractivity contribution in [3.8, 4) is 0 Å². The predicted octanol–water partition coefficient (Wildman–Crippen LogP) is 3.73. The quantitative estimate of drug-likeness (QED) is 0.618. The summed E-state index contributed by atoms with van der Waals surface area (Å²) >= 11 is 4.16. The van der Waals surface area contributed by atoms with Crippen molar-refractivity contribution < 1.29 is 0 Å². The van der Waals surface area contributed by atoms with Crippen molar-refractivity contribution in [3.63, 3.8) is 0 Å². The Hall–Kier alpha value is 0.950. The fourth-order valence-corrected chi connectivity index (χ4v) is 3.40. The number of halogens is 1. The van der Waals surface area contributed by atoms with E-state index < -0.39 is 0 Å². The molecule has 0 saturated carbocycles. The molecule has 0 aromatic carbocycles. The zero-order chi connectivity index (χ0) is 10.1. The third-order valence-corrected chi connectivity index (χ3v) is 4.55. The van der Waals surface area contributed by atoms with Crippen molar-refractivity contribution in [3.05, 3.63) is 0 Å². The van der Waals surface area contributed by atoms with Crippen LogP contribution in [0.4, 0.5) is 0 Å². The Morgan fingerprint density at radius 1 is 1.20 bits per heavy atom. The van der Waals surface area contributed by atoms with Crippen molar-refractivity contribution in [2.45, 2.75) is 32.6 Å². The monoisotopic (exact) mass is 269 g/mol. The van der Waals surface area contributed by atoms with Crippen LogP contribution in [-0.4, -0.2) is 41.1 Å². The van der Waals surface area contributed by atoms with Gasteiger partial charge in [0.1, 0.15) is 0 Å². The van der Waals surface area contributed by atoms with E-state index in [9.17, 15) is 0 Å². The normalized spacial score (nSPS) is 16.6. The molecule has 0 amide bonds. The summed E-state index contributed by atoms with van der Waals surface area (Å²) in [6, 6.07) is 0. The first-order chi connectivity index (χ1) is 6.93. The highest BCUT2D eigenvalue weighted by atomic mass is 35.5. The van der Waals surface area contributed by atoms with E-state index in [0.717, 1.165) is 0 Å². The van der Waals surface area contributed by atoms with E-state index in [0.29, 0.717) is 0 Å². The topological polar surface area (TPSA) is 3.24 Å². The van der Waals surface area contributed by atoms with Crippen LogP contribution in [0.3, 0.4) is 0 Å². The lowest BCUT2D eigenvalue weighted by atomic mass is 10.2. The molecular weight excluding hydrogens is 246 g/mol. The molecule has 92 valence electrons. The van der Waals surface area contributed by atoms with E-state index in [-0.39, 0.29) is 12.4 Å². The van der Waals surface area contributed by atoms with Crippen LogP contribution in [0.2, 0.25) is 0 Å². The van der Waals surface area contributed by atoms with Gasteiger partial charge in [-0.3, -0.25) is 4.90 Å². The zero-order valence-corrected chi connectivity index (χ0v) is 12.2. The molecule has 0 atom stereocenters. The first-order valence-electron chi connectivity index (χ1n) is 5.81. The third-order valence-electron chi connectivity index (χ3n) is 2.54. The summed E-state index contributed by atoms with van der Waals surface area (Å²) in [5.74, 6) is 5.29. The molecule has 0 N–H and O–H groups in total. The van der Waals surface area contributed by atoms with Crippen molar-refractivity contribution >= 4 is 35.9 Å². The largest absolute Gasteiger partial charge is 0.293 e. The minimum atomic E-state index is 0. The Morgan fingerprint density at radius 3 is 2.67 bits per heavy atom. The lowest BCUT2D eigenvalue weighted by molar-refractivity contribution is 0.344. The second kappa shape index (κ2) is 11.4. The molecule has 0 bridgehead atoms. The molecule has 1 heterocycles. The van der Waals surface area contributed by atoms with E-state index in [1.165, 1.54) is 61.9 Å². The molecule has 0 spiro atoms. The molecule has 1 aliphatic heterocycles. The molecule has 1 rings (SSSR count). The third kappa shape index (κ3) is 8.73. The summed E-state index contributed by atoms with van der Waals surface area (Å²) in [6.07, 6.45) is 5.71. The van der Waals surface area contributed by atoms with Gasteiger partial charge in [0.25, 0.3) is 0 Å². The van der Waals surface area contributed by atoms with Gasteiger partial charge in [0.2, 0.25) is 0 Å². The van der Waals surface area contributed by atoms with E-state index >= 15 is 0 Å². The Labute approximate surface area is 110 Å². The van der Waals surface area contributed by atoms with Gasteiger partial charge in [-0.25, -0.2) is 0 Å². The van der Waals surface area contributed by atoms with E-state index in [2.05, 4.69) is 35.3 Å². The summed E-state index contributed by atoms with van der Waals surface area (Å²) in [5.41, 5.74) is 0. The maximum Gasteiger partial charge on any atom is 0.0445 e. The van der Waals surface area contributed by atoms with E-state index in [1.54, 1.807) is 0 Å². The lowest BCUT2D eigenvalue weighted by Gasteiger charge is -2.12. The van der Waals surface area contributed by atoms with Gasteiger partial charge in [-0.15, -0.1) is 24.2 Å². The highest BCUT2D eigenvalue weighted by Gasteiger charge is 2.10. The van der Waals surface area contributed by atoms with E-state index in [4.69, 9.17) is 0 Å². The van der Waals surface area contributed by atoms with Crippen LogP contribution >= 0.6 is 35.9 Å². The second-order valence-electron chi connectivity index (χ2n) is 3.77. The van der Waals surface area contributed by atoms with Crippen LogP contribution in [0.25, 0.3) is 0 Å². The molecule has 0 unspecified atom stereocenters. The van der Waals surface area contributed by atoms with Crippen LogP contribution in [0.1, 0.15) is 32.6 Å². The van der Waals surface area contributed by atoms with Crippen LogP contribution in [0, 0.1) is 0 Å². The van der Waals surface area contributed by atoms with E-state index in [1.807, 2.05) is 0 Å². The van der Waals surface area contributed by atoms with Crippen LogP contribution in [-0.2, 0) is 0 Å². The summed E-state index contributed by atoms with van der Waals surface area (Å²) in [6.45, 7) is 4.92. The first-order valence-corrected chi connectivity index (χ1v) is 8.12. The van der Waals surface area contributed by atoms with Gasteiger partial charge in [-0.1, -0.05) is 19.8 Å². The molecule has 15 heavy (non-hydrogen) atoms. The Morgan fingerprint density at radius 2 is 2.00 bits per heavy atom. The molecule has 4 heteroatoms. The lowest BCUT2D eigenvalue weighted by Crippen LogP contribution is -2.20. The average molecular weight is 270 g/mol. The van der Waals surface area contributed by atoms with Crippen LogP contribution in [0.15, 0.2) is 0 Å². The maximum absolute atomic E-state index is 2.59.